The van der Waals surface area contributed by atoms with Gasteiger partial charge >= 0.3 is 6.09 Å². The van der Waals surface area contributed by atoms with Crippen LogP contribution in [0.25, 0.3) is 0 Å². The van der Waals surface area contributed by atoms with Gasteiger partial charge in [0.15, 0.2) is 0 Å². The Kier molecular flexibility index (Phi) is 7.25. The smallest absolute Gasteiger partial charge is 0.409 e. The highest BCUT2D eigenvalue weighted by Crippen LogP contribution is 2.17. The molecule has 1 saturated heterocycles. The summed E-state index contributed by atoms with van der Waals surface area (Å²) in [5.74, 6) is -0.373. The van der Waals surface area contributed by atoms with Crippen LogP contribution in [0, 0.1) is 5.92 Å². The lowest BCUT2D eigenvalue weighted by atomic mass is 9.97. The fourth-order valence-corrected chi connectivity index (χ4v) is 2.82. The van der Waals surface area contributed by atoms with Crippen molar-refractivity contribution in [3.8, 4) is 0 Å². The van der Waals surface area contributed by atoms with Crippen LogP contribution in [-0.4, -0.2) is 56.1 Å². The van der Waals surface area contributed by atoms with Crippen molar-refractivity contribution in [2.75, 3.05) is 33.3 Å². The van der Waals surface area contributed by atoms with Gasteiger partial charge in [0, 0.05) is 31.7 Å². The van der Waals surface area contributed by atoms with Crippen LogP contribution in [0.2, 0.25) is 0 Å². The average Bonchev–Trinajstić information content (AvgIpc) is 2.67. The number of benzene rings is 1. The number of carbonyl (C=O) groups excluding carboxylic acids is 3. The first-order chi connectivity index (χ1) is 12.1. The molecule has 2 rings (SSSR count). The summed E-state index contributed by atoms with van der Waals surface area (Å²) in [6, 6.07) is 9.01. The monoisotopic (exact) mass is 347 g/mol. The van der Waals surface area contributed by atoms with Crippen molar-refractivity contribution in [2.45, 2.75) is 19.3 Å². The maximum Gasteiger partial charge on any atom is 0.409 e. The van der Waals surface area contributed by atoms with Crippen LogP contribution in [0.5, 0.6) is 0 Å². The van der Waals surface area contributed by atoms with E-state index in [2.05, 4.69) is 10.6 Å². The number of amides is 3. The van der Waals surface area contributed by atoms with E-state index in [0.717, 1.165) is 12.8 Å². The minimum atomic E-state index is -0.388. The minimum absolute atomic E-state index is 0.0528. The predicted octanol–water partition coefficient (Wildman–Crippen LogP) is 1.40. The summed E-state index contributed by atoms with van der Waals surface area (Å²) in [5.41, 5.74) is 0.622. The van der Waals surface area contributed by atoms with E-state index < -0.39 is 0 Å². The highest BCUT2D eigenvalue weighted by Gasteiger charge is 2.28. The number of hydrogen-bond donors (Lipinski definition) is 2. The quantitative estimate of drug-likeness (QED) is 0.762. The molecule has 3 amide bonds. The second-order valence-electron chi connectivity index (χ2n) is 6.02. The van der Waals surface area contributed by atoms with E-state index in [1.807, 2.05) is 18.2 Å². The van der Waals surface area contributed by atoms with Crippen molar-refractivity contribution in [1.82, 2.24) is 15.5 Å². The van der Waals surface area contributed by atoms with Gasteiger partial charge in [-0.3, -0.25) is 9.59 Å². The molecule has 1 aliphatic rings. The van der Waals surface area contributed by atoms with Crippen molar-refractivity contribution in [3.05, 3.63) is 35.9 Å². The summed E-state index contributed by atoms with van der Waals surface area (Å²) < 4.78 is 4.70. The maximum absolute atomic E-state index is 12.2. The molecule has 0 aliphatic carbocycles. The molecule has 0 spiro atoms. The molecule has 1 fully saturated rings. The number of carbonyl (C=O) groups is 3. The average molecular weight is 347 g/mol. The number of piperidine rings is 1. The molecule has 0 saturated carbocycles. The first kappa shape index (κ1) is 18.8. The molecule has 1 aromatic rings. The largest absolute Gasteiger partial charge is 0.453 e. The lowest BCUT2D eigenvalue weighted by molar-refractivity contribution is -0.126. The second kappa shape index (κ2) is 9.66. The molecule has 1 atom stereocenters. The zero-order chi connectivity index (χ0) is 18.1. The van der Waals surface area contributed by atoms with Crippen LogP contribution in [0.1, 0.15) is 29.6 Å². The van der Waals surface area contributed by atoms with Gasteiger partial charge in [-0.05, 0) is 31.4 Å². The lowest BCUT2D eigenvalue weighted by Crippen LogP contribution is -2.45. The summed E-state index contributed by atoms with van der Waals surface area (Å²) >= 11 is 0. The molecular formula is C18H25N3O4. The highest BCUT2D eigenvalue weighted by atomic mass is 16.5. The fraction of sp³-hybridized carbons (Fsp3) is 0.500. The molecule has 1 aromatic carbocycles. The third-order valence-electron chi connectivity index (χ3n) is 4.20. The van der Waals surface area contributed by atoms with Crippen LogP contribution >= 0.6 is 0 Å². The van der Waals surface area contributed by atoms with Gasteiger partial charge in [-0.1, -0.05) is 18.2 Å². The third kappa shape index (κ3) is 5.77. The van der Waals surface area contributed by atoms with Crippen LogP contribution in [-0.2, 0) is 9.53 Å². The molecule has 2 N–H and O–H groups in total. The van der Waals surface area contributed by atoms with Crippen molar-refractivity contribution >= 4 is 17.9 Å². The highest BCUT2D eigenvalue weighted by molar-refractivity contribution is 5.94. The van der Waals surface area contributed by atoms with E-state index in [4.69, 9.17) is 4.74 Å². The van der Waals surface area contributed by atoms with E-state index in [-0.39, 0.29) is 23.8 Å². The number of nitrogens with zero attached hydrogens (tertiary/aromatic N) is 1. The van der Waals surface area contributed by atoms with Gasteiger partial charge in [-0.25, -0.2) is 4.79 Å². The van der Waals surface area contributed by atoms with Crippen molar-refractivity contribution < 1.29 is 19.1 Å². The number of ether oxygens (including phenoxy) is 1. The van der Waals surface area contributed by atoms with Gasteiger partial charge in [0.25, 0.3) is 5.91 Å². The van der Waals surface area contributed by atoms with Gasteiger partial charge in [0.2, 0.25) is 5.91 Å². The molecule has 0 radical (unpaired) electrons. The normalized spacial score (nSPS) is 16.8. The Morgan fingerprint density at radius 2 is 1.88 bits per heavy atom. The van der Waals surface area contributed by atoms with E-state index in [0.29, 0.717) is 38.2 Å². The first-order valence-electron chi connectivity index (χ1n) is 8.55. The van der Waals surface area contributed by atoms with E-state index in [1.165, 1.54) is 7.11 Å². The molecule has 136 valence electrons. The first-order valence-corrected chi connectivity index (χ1v) is 8.55. The van der Waals surface area contributed by atoms with Crippen LogP contribution in [0.15, 0.2) is 30.3 Å². The Morgan fingerprint density at radius 1 is 1.16 bits per heavy atom. The third-order valence-corrected chi connectivity index (χ3v) is 4.20. The Morgan fingerprint density at radius 3 is 2.60 bits per heavy atom. The Bertz CT molecular complexity index is 591. The summed E-state index contributed by atoms with van der Waals surface area (Å²) in [6.45, 7) is 2.00. The molecule has 1 heterocycles. The summed E-state index contributed by atoms with van der Waals surface area (Å²) in [7, 11) is 1.34. The fourth-order valence-electron chi connectivity index (χ4n) is 2.82. The van der Waals surface area contributed by atoms with Crippen LogP contribution in [0.4, 0.5) is 4.79 Å². The van der Waals surface area contributed by atoms with Gasteiger partial charge in [0.1, 0.15) is 0 Å². The van der Waals surface area contributed by atoms with Gasteiger partial charge in [-0.2, -0.15) is 0 Å². The number of methoxy groups -OCH3 is 1. The number of likely N-dealkylation sites (tertiary alicyclic amines) is 1. The van der Waals surface area contributed by atoms with Crippen LogP contribution in [0.3, 0.4) is 0 Å². The molecule has 25 heavy (non-hydrogen) atoms. The van der Waals surface area contributed by atoms with Crippen molar-refractivity contribution in [1.29, 1.82) is 0 Å². The van der Waals surface area contributed by atoms with E-state index in [1.54, 1.807) is 17.0 Å². The zero-order valence-electron chi connectivity index (χ0n) is 14.5. The number of rotatable bonds is 6. The molecule has 1 aliphatic heterocycles. The SMILES string of the molecule is COC(=O)N1CCCC(C(=O)NCCCNC(=O)c2ccccc2)C1. The summed E-state index contributed by atoms with van der Waals surface area (Å²) in [5, 5.41) is 5.70. The van der Waals surface area contributed by atoms with Crippen LogP contribution < -0.4 is 10.6 Å². The van der Waals surface area contributed by atoms with E-state index in [9.17, 15) is 14.4 Å². The Balaban J connectivity index is 1.63. The Hall–Kier alpha value is -2.57. The van der Waals surface area contributed by atoms with Gasteiger partial charge in [-0.15, -0.1) is 0 Å². The molecule has 7 nitrogen and oxygen atoms in total. The number of nitrogens with one attached hydrogen (secondary N) is 2. The Labute approximate surface area is 147 Å². The standard InChI is InChI=1S/C18H25N3O4/c1-25-18(24)21-12-5-9-15(13-21)17(23)20-11-6-10-19-16(22)14-7-3-2-4-8-14/h2-4,7-8,15H,5-6,9-13H2,1H3,(H,19,22)(H,20,23). The lowest BCUT2D eigenvalue weighted by Gasteiger charge is -2.30. The molecular weight excluding hydrogens is 322 g/mol. The number of hydrogen-bond acceptors (Lipinski definition) is 4. The van der Waals surface area contributed by atoms with Gasteiger partial charge < -0.3 is 20.3 Å². The molecule has 0 bridgehead atoms. The van der Waals surface area contributed by atoms with Crippen molar-refractivity contribution in [2.24, 2.45) is 5.92 Å². The van der Waals surface area contributed by atoms with Crippen molar-refractivity contribution in [3.63, 3.8) is 0 Å². The summed E-state index contributed by atoms with van der Waals surface area (Å²) in [4.78, 5) is 37.2. The summed E-state index contributed by atoms with van der Waals surface area (Å²) in [6.07, 6.45) is 1.82. The second-order valence-corrected chi connectivity index (χ2v) is 6.02. The van der Waals surface area contributed by atoms with E-state index >= 15 is 0 Å². The predicted molar refractivity (Wildman–Crippen MR) is 93.1 cm³/mol. The topological polar surface area (TPSA) is 87.7 Å². The molecule has 1 unspecified atom stereocenters. The minimum Gasteiger partial charge on any atom is -0.453 e. The molecule has 7 heteroatoms. The maximum atomic E-state index is 12.2. The molecule has 0 aromatic heterocycles. The zero-order valence-corrected chi connectivity index (χ0v) is 14.5. The van der Waals surface area contributed by atoms with Gasteiger partial charge in [0.05, 0.1) is 13.0 Å².